The molecule has 1 heterocycles. The second-order valence-corrected chi connectivity index (χ2v) is 6.26. The van der Waals surface area contributed by atoms with Gasteiger partial charge in [0, 0.05) is 0 Å². The Morgan fingerprint density at radius 2 is 2.30 bits per heavy atom. The summed E-state index contributed by atoms with van der Waals surface area (Å²) in [6.07, 6.45) is 4.84. The summed E-state index contributed by atoms with van der Waals surface area (Å²) in [5.41, 5.74) is 1.29. The predicted octanol–water partition coefficient (Wildman–Crippen LogP) is 4.62. The zero-order valence-electron chi connectivity index (χ0n) is 12.6. The first kappa shape index (κ1) is 15.7. The highest BCUT2D eigenvalue weighted by Gasteiger charge is 2.13. The lowest BCUT2D eigenvalue weighted by atomic mass is 9.97. The highest BCUT2D eigenvalue weighted by atomic mass is 35.5. The molecule has 2 nitrogen and oxygen atoms in total. The lowest BCUT2D eigenvalue weighted by Gasteiger charge is -2.22. The van der Waals surface area contributed by atoms with Crippen LogP contribution in [0, 0.1) is 5.92 Å². The molecule has 2 rings (SSSR count). The molecule has 3 heteroatoms. The van der Waals surface area contributed by atoms with Gasteiger partial charge < -0.3 is 10.1 Å². The monoisotopic (exact) mass is 295 g/mol. The van der Waals surface area contributed by atoms with Gasteiger partial charge in [0.05, 0.1) is 11.6 Å². The Hall–Kier alpha value is -0.730. The summed E-state index contributed by atoms with van der Waals surface area (Å²) in [6, 6.07) is 6.20. The van der Waals surface area contributed by atoms with E-state index in [1.807, 2.05) is 12.1 Å². The van der Waals surface area contributed by atoms with Crippen LogP contribution in [0.3, 0.4) is 0 Å². The van der Waals surface area contributed by atoms with Crippen LogP contribution in [-0.4, -0.2) is 19.7 Å². The molecular weight excluding hydrogens is 270 g/mol. The lowest BCUT2D eigenvalue weighted by molar-refractivity contribution is 0.254. The van der Waals surface area contributed by atoms with Crippen LogP contribution in [0.25, 0.3) is 0 Å². The summed E-state index contributed by atoms with van der Waals surface area (Å²) >= 11 is 6.31. The molecule has 0 unspecified atom stereocenters. The molecule has 112 valence electrons. The third-order valence-corrected chi connectivity index (χ3v) is 4.62. The number of hydrogen-bond donors (Lipinski definition) is 1. The van der Waals surface area contributed by atoms with Crippen molar-refractivity contribution in [1.82, 2.24) is 5.32 Å². The van der Waals surface area contributed by atoms with Crippen LogP contribution in [0.5, 0.6) is 5.75 Å². The van der Waals surface area contributed by atoms with Crippen molar-refractivity contribution in [1.29, 1.82) is 0 Å². The van der Waals surface area contributed by atoms with E-state index in [1.165, 1.54) is 24.9 Å². The molecule has 0 bridgehead atoms. The van der Waals surface area contributed by atoms with Crippen LogP contribution in [-0.2, 0) is 0 Å². The van der Waals surface area contributed by atoms with Crippen LogP contribution in [0.2, 0.25) is 5.02 Å². The molecule has 20 heavy (non-hydrogen) atoms. The summed E-state index contributed by atoms with van der Waals surface area (Å²) < 4.78 is 5.85. The fourth-order valence-corrected chi connectivity index (χ4v) is 2.93. The molecule has 0 saturated carbocycles. The van der Waals surface area contributed by atoms with Gasteiger partial charge >= 0.3 is 0 Å². The van der Waals surface area contributed by atoms with E-state index in [9.17, 15) is 0 Å². The molecule has 0 spiro atoms. The lowest BCUT2D eigenvalue weighted by Crippen LogP contribution is -2.30. The highest BCUT2D eigenvalue weighted by Crippen LogP contribution is 2.30. The third kappa shape index (κ3) is 4.39. The second kappa shape index (κ2) is 7.90. The molecule has 1 N–H and O–H groups in total. The van der Waals surface area contributed by atoms with E-state index in [4.69, 9.17) is 16.3 Å². The van der Waals surface area contributed by atoms with Gasteiger partial charge in [-0.2, -0.15) is 0 Å². The summed E-state index contributed by atoms with van der Waals surface area (Å²) in [5.74, 6) is 2.12. The summed E-state index contributed by atoms with van der Waals surface area (Å²) in [7, 11) is 0. The zero-order chi connectivity index (χ0) is 14.4. The maximum absolute atomic E-state index is 6.31. The third-order valence-electron chi connectivity index (χ3n) is 4.32. The van der Waals surface area contributed by atoms with Crippen molar-refractivity contribution < 1.29 is 4.74 Å². The maximum Gasteiger partial charge on any atom is 0.137 e. The van der Waals surface area contributed by atoms with E-state index in [2.05, 4.69) is 25.2 Å². The standard InChI is InChI=1S/C17H26ClNO/c1-3-13(2)15-6-7-17(16(18)11-15)20-10-8-14-5-4-9-19-12-14/h6-7,11,13-14,19H,3-5,8-10,12H2,1-2H3/t13-,14+/m0/s1. The van der Waals surface area contributed by atoms with Crippen LogP contribution < -0.4 is 10.1 Å². The zero-order valence-corrected chi connectivity index (χ0v) is 13.4. The van der Waals surface area contributed by atoms with Gasteiger partial charge in [-0.05, 0) is 68.3 Å². The van der Waals surface area contributed by atoms with E-state index in [0.717, 1.165) is 42.7 Å². The van der Waals surface area contributed by atoms with E-state index >= 15 is 0 Å². The molecule has 0 aliphatic carbocycles. The van der Waals surface area contributed by atoms with Gasteiger partial charge in [-0.15, -0.1) is 0 Å². The minimum absolute atomic E-state index is 0.551. The van der Waals surface area contributed by atoms with Gasteiger partial charge in [-0.25, -0.2) is 0 Å². The van der Waals surface area contributed by atoms with Crippen molar-refractivity contribution in [3.8, 4) is 5.75 Å². The number of benzene rings is 1. The molecule has 0 aromatic heterocycles. The normalized spacial score (nSPS) is 20.6. The van der Waals surface area contributed by atoms with Crippen LogP contribution >= 0.6 is 11.6 Å². The first-order valence-corrected chi connectivity index (χ1v) is 8.21. The Balaban J connectivity index is 1.83. The molecule has 0 amide bonds. The molecule has 1 aliphatic rings. The number of halogens is 1. The predicted molar refractivity (Wildman–Crippen MR) is 85.9 cm³/mol. The number of rotatable bonds is 6. The number of piperidine rings is 1. The van der Waals surface area contributed by atoms with E-state index < -0.39 is 0 Å². The fraction of sp³-hybridized carbons (Fsp3) is 0.647. The number of nitrogens with one attached hydrogen (secondary N) is 1. The first-order valence-electron chi connectivity index (χ1n) is 7.83. The molecular formula is C17H26ClNO. The van der Waals surface area contributed by atoms with E-state index in [-0.39, 0.29) is 0 Å². The fourth-order valence-electron chi connectivity index (χ4n) is 2.68. The Morgan fingerprint density at radius 3 is 2.95 bits per heavy atom. The first-order chi connectivity index (χ1) is 9.70. The average molecular weight is 296 g/mol. The molecule has 1 fully saturated rings. The topological polar surface area (TPSA) is 21.3 Å². The molecule has 0 radical (unpaired) electrons. The van der Waals surface area contributed by atoms with Crippen molar-refractivity contribution in [2.75, 3.05) is 19.7 Å². The van der Waals surface area contributed by atoms with Crippen LogP contribution in [0.4, 0.5) is 0 Å². The molecule has 1 aromatic rings. The van der Waals surface area contributed by atoms with Gasteiger partial charge in [0.2, 0.25) is 0 Å². The summed E-state index contributed by atoms with van der Waals surface area (Å²) in [4.78, 5) is 0. The minimum atomic E-state index is 0.551. The Kier molecular flexibility index (Phi) is 6.18. The highest BCUT2D eigenvalue weighted by molar-refractivity contribution is 6.32. The van der Waals surface area contributed by atoms with E-state index in [1.54, 1.807) is 0 Å². The average Bonchev–Trinajstić information content (AvgIpc) is 2.49. The van der Waals surface area contributed by atoms with Crippen molar-refractivity contribution >= 4 is 11.6 Å². The van der Waals surface area contributed by atoms with Gasteiger partial charge in [-0.3, -0.25) is 0 Å². The smallest absolute Gasteiger partial charge is 0.137 e. The van der Waals surface area contributed by atoms with Crippen LogP contribution in [0.15, 0.2) is 18.2 Å². The van der Waals surface area contributed by atoms with Gasteiger partial charge in [0.25, 0.3) is 0 Å². The number of ether oxygens (including phenoxy) is 1. The summed E-state index contributed by atoms with van der Waals surface area (Å²) in [5, 5.41) is 4.18. The van der Waals surface area contributed by atoms with Gasteiger partial charge in [-0.1, -0.05) is 31.5 Å². The van der Waals surface area contributed by atoms with Gasteiger partial charge in [0.1, 0.15) is 5.75 Å². The van der Waals surface area contributed by atoms with Crippen LogP contribution in [0.1, 0.15) is 51.0 Å². The maximum atomic E-state index is 6.31. The largest absolute Gasteiger partial charge is 0.492 e. The minimum Gasteiger partial charge on any atom is -0.492 e. The van der Waals surface area contributed by atoms with Crippen molar-refractivity contribution in [3.63, 3.8) is 0 Å². The molecule has 2 atom stereocenters. The molecule has 1 aromatic carbocycles. The Labute approximate surface area is 127 Å². The summed E-state index contributed by atoms with van der Waals surface area (Å²) in [6.45, 7) is 7.47. The second-order valence-electron chi connectivity index (χ2n) is 5.85. The van der Waals surface area contributed by atoms with Crippen molar-refractivity contribution in [3.05, 3.63) is 28.8 Å². The quantitative estimate of drug-likeness (QED) is 0.826. The van der Waals surface area contributed by atoms with Crippen molar-refractivity contribution in [2.45, 2.75) is 45.4 Å². The van der Waals surface area contributed by atoms with Gasteiger partial charge in [0.15, 0.2) is 0 Å². The van der Waals surface area contributed by atoms with Crippen molar-refractivity contribution in [2.24, 2.45) is 5.92 Å². The Morgan fingerprint density at radius 1 is 1.45 bits per heavy atom. The SMILES string of the molecule is CC[C@H](C)c1ccc(OCC[C@H]2CCCNC2)c(Cl)c1. The molecule has 1 aliphatic heterocycles. The number of hydrogen-bond acceptors (Lipinski definition) is 2. The molecule has 1 saturated heterocycles. The van der Waals surface area contributed by atoms with E-state index in [0.29, 0.717) is 5.92 Å². The Bertz CT molecular complexity index is 415.